The SMILES string of the molecule is CCn1c(O)c(C(=O)c2cccc(OC)c2)c(C)c(C#N)c1=O. The minimum Gasteiger partial charge on any atom is -0.497 e. The van der Waals surface area contributed by atoms with E-state index in [0.717, 1.165) is 4.57 Å². The number of pyridine rings is 1. The zero-order valence-electron chi connectivity index (χ0n) is 13.1. The van der Waals surface area contributed by atoms with E-state index in [4.69, 9.17) is 4.74 Å². The number of ketones is 1. The summed E-state index contributed by atoms with van der Waals surface area (Å²) in [6.07, 6.45) is 0. The molecule has 0 atom stereocenters. The van der Waals surface area contributed by atoms with Crippen LogP contribution in [0.15, 0.2) is 29.1 Å². The summed E-state index contributed by atoms with van der Waals surface area (Å²) in [5, 5.41) is 19.5. The van der Waals surface area contributed by atoms with Crippen molar-refractivity contribution in [2.75, 3.05) is 7.11 Å². The van der Waals surface area contributed by atoms with Gasteiger partial charge in [-0.2, -0.15) is 5.26 Å². The highest BCUT2D eigenvalue weighted by atomic mass is 16.5. The third kappa shape index (κ3) is 2.69. The van der Waals surface area contributed by atoms with Crippen molar-refractivity contribution in [3.8, 4) is 17.7 Å². The van der Waals surface area contributed by atoms with Crippen LogP contribution in [-0.2, 0) is 6.54 Å². The van der Waals surface area contributed by atoms with Gasteiger partial charge in [-0.15, -0.1) is 0 Å². The number of hydrogen-bond donors (Lipinski definition) is 1. The fraction of sp³-hybridized carbons (Fsp3) is 0.235. The highest BCUT2D eigenvalue weighted by Crippen LogP contribution is 2.26. The van der Waals surface area contributed by atoms with E-state index in [1.54, 1.807) is 25.1 Å². The summed E-state index contributed by atoms with van der Waals surface area (Å²) in [7, 11) is 1.48. The van der Waals surface area contributed by atoms with E-state index in [1.165, 1.54) is 20.1 Å². The third-order valence-corrected chi connectivity index (χ3v) is 3.68. The molecule has 0 radical (unpaired) electrons. The molecule has 23 heavy (non-hydrogen) atoms. The second-order valence-corrected chi connectivity index (χ2v) is 4.92. The number of ether oxygens (including phenoxy) is 1. The maximum absolute atomic E-state index is 12.8. The fourth-order valence-corrected chi connectivity index (χ4v) is 2.42. The molecule has 1 heterocycles. The molecule has 0 saturated heterocycles. The van der Waals surface area contributed by atoms with Crippen LogP contribution in [0.1, 0.15) is 34.0 Å². The minimum atomic E-state index is -0.604. The van der Waals surface area contributed by atoms with Gasteiger partial charge in [0.15, 0.2) is 5.78 Å². The molecule has 118 valence electrons. The van der Waals surface area contributed by atoms with Gasteiger partial charge in [0.25, 0.3) is 5.56 Å². The number of nitrogens with zero attached hydrogens (tertiary/aromatic N) is 2. The van der Waals surface area contributed by atoms with Crippen molar-refractivity contribution in [3.63, 3.8) is 0 Å². The Balaban J connectivity index is 2.74. The number of rotatable bonds is 4. The van der Waals surface area contributed by atoms with Gasteiger partial charge in [-0.25, -0.2) is 0 Å². The Morgan fingerprint density at radius 1 is 1.43 bits per heavy atom. The van der Waals surface area contributed by atoms with Gasteiger partial charge in [0, 0.05) is 12.1 Å². The van der Waals surface area contributed by atoms with Crippen LogP contribution >= 0.6 is 0 Å². The number of aromatic hydroxyl groups is 1. The predicted octanol–water partition coefficient (Wildman–Crippen LogP) is 1.99. The van der Waals surface area contributed by atoms with Crippen LogP contribution < -0.4 is 10.3 Å². The number of carbonyl (C=O) groups excluding carboxylic acids is 1. The molecule has 0 spiro atoms. The van der Waals surface area contributed by atoms with Gasteiger partial charge in [0.1, 0.15) is 17.4 Å². The number of nitriles is 1. The van der Waals surface area contributed by atoms with Gasteiger partial charge in [-0.05, 0) is 31.5 Å². The first-order valence-corrected chi connectivity index (χ1v) is 7.01. The second-order valence-electron chi connectivity index (χ2n) is 4.92. The Morgan fingerprint density at radius 2 is 2.13 bits per heavy atom. The molecule has 0 fully saturated rings. The van der Waals surface area contributed by atoms with E-state index in [-0.39, 0.29) is 23.2 Å². The number of carbonyl (C=O) groups is 1. The molecule has 0 unspecified atom stereocenters. The maximum atomic E-state index is 12.8. The lowest BCUT2D eigenvalue weighted by Gasteiger charge is -2.14. The Hall–Kier alpha value is -3.07. The first-order chi connectivity index (χ1) is 11.0. The quantitative estimate of drug-likeness (QED) is 0.872. The molecule has 0 bridgehead atoms. The number of aromatic nitrogens is 1. The van der Waals surface area contributed by atoms with Gasteiger partial charge in [0.05, 0.1) is 12.7 Å². The first-order valence-electron chi connectivity index (χ1n) is 7.01. The van der Waals surface area contributed by atoms with Crippen LogP contribution in [0, 0.1) is 18.3 Å². The van der Waals surface area contributed by atoms with Crippen molar-refractivity contribution in [1.29, 1.82) is 5.26 Å². The van der Waals surface area contributed by atoms with Gasteiger partial charge < -0.3 is 9.84 Å². The maximum Gasteiger partial charge on any atom is 0.271 e. The molecule has 1 aromatic heterocycles. The average Bonchev–Trinajstić information content (AvgIpc) is 2.55. The molecule has 0 amide bonds. The second kappa shape index (κ2) is 6.36. The van der Waals surface area contributed by atoms with Gasteiger partial charge >= 0.3 is 0 Å². The summed E-state index contributed by atoms with van der Waals surface area (Å²) in [4.78, 5) is 24.9. The van der Waals surface area contributed by atoms with E-state index >= 15 is 0 Å². The fourth-order valence-electron chi connectivity index (χ4n) is 2.42. The molecule has 0 aliphatic rings. The smallest absolute Gasteiger partial charge is 0.271 e. The van der Waals surface area contributed by atoms with Crippen LogP contribution in [0.4, 0.5) is 0 Å². The summed E-state index contributed by atoms with van der Waals surface area (Å²) >= 11 is 0. The van der Waals surface area contributed by atoms with E-state index in [1.807, 2.05) is 6.07 Å². The van der Waals surface area contributed by atoms with E-state index < -0.39 is 17.2 Å². The Labute approximate surface area is 133 Å². The normalized spacial score (nSPS) is 10.2. The number of benzene rings is 1. The summed E-state index contributed by atoms with van der Waals surface area (Å²) < 4.78 is 6.10. The molecule has 1 N–H and O–H groups in total. The third-order valence-electron chi connectivity index (χ3n) is 3.68. The molecule has 2 aromatic rings. The molecule has 0 aliphatic heterocycles. The number of methoxy groups -OCH3 is 1. The molecule has 2 rings (SSSR count). The van der Waals surface area contributed by atoms with Crippen LogP contribution in [-0.4, -0.2) is 22.6 Å². The largest absolute Gasteiger partial charge is 0.497 e. The monoisotopic (exact) mass is 312 g/mol. The van der Waals surface area contributed by atoms with E-state index in [2.05, 4.69) is 0 Å². The summed E-state index contributed by atoms with van der Waals surface area (Å²) in [6, 6.07) is 8.27. The minimum absolute atomic E-state index is 0.0451. The highest BCUT2D eigenvalue weighted by molar-refractivity contribution is 6.11. The summed E-state index contributed by atoms with van der Waals surface area (Å²) in [6.45, 7) is 3.28. The lowest BCUT2D eigenvalue weighted by Crippen LogP contribution is -2.26. The molecular formula is C17H16N2O4. The zero-order valence-corrected chi connectivity index (χ0v) is 13.1. The van der Waals surface area contributed by atoms with Crippen molar-refractivity contribution in [2.45, 2.75) is 20.4 Å². The predicted molar refractivity (Wildman–Crippen MR) is 83.9 cm³/mol. The molecule has 0 saturated carbocycles. The van der Waals surface area contributed by atoms with Crippen LogP contribution in [0.3, 0.4) is 0 Å². The van der Waals surface area contributed by atoms with Gasteiger partial charge in [0.2, 0.25) is 5.88 Å². The van der Waals surface area contributed by atoms with Crippen molar-refractivity contribution in [3.05, 3.63) is 56.9 Å². The zero-order chi connectivity index (χ0) is 17.1. The van der Waals surface area contributed by atoms with Gasteiger partial charge in [-0.3, -0.25) is 14.2 Å². The van der Waals surface area contributed by atoms with Crippen molar-refractivity contribution >= 4 is 5.78 Å². The molecular weight excluding hydrogens is 296 g/mol. The van der Waals surface area contributed by atoms with E-state index in [9.17, 15) is 20.0 Å². The Bertz CT molecular complexity index is 875. The summed E-state index contributed by atoms with van der Waals surface area (Å²) in [5.41, 5.74) is -0.320. The van der Waals surface area contributed by atoms with E-state index in [0.29, 0.717) is 11.3 Å². The first kappa shape index (κ1) is 16.3. The topological polar surface area (TPSA) is 92.3 Å². The average molecular weight is 312 g/mol. The van der Waals surface area contributed by atoms with Crippen LogP contribution in [0.25, 0.3) is 0 Å². The number of hydrogen-bond acceptors (Lipinski definition) is 5. The lowest BCUT2D eigenvalue weighted by atomic mass is 9.97. The molecule has 1 aromatic carbocycles. The van der Waals surface area contributed by atoms with Crippen molar-refractivity contribution in [2.24, 2.45) is 0 Å². The van der Waals surface area contributed by atoms with Crippen molar-refractivity contribution in [1.82, 2.24) is 4.57 Å². The lowest BCUT2D eigenvalue weighted by molar-refractivity contribution is 0.103. The molecule has 0 aliphatic carbocycles. The standard InChI is InChI=1S/C17H16N2O4/c1-4-19-16(21)13(9-18)10(2)14(17(19)22)15(20)11-6-5-7-12(8-11)23-3/h5-8,22H,4H2,1-3H3. The Morgan fingerprint density at radius 3 is 2.70 bits per heavy atom. The van der Waals surface area contributed by atoms with Crippen LogP contribution in [0.2, 0.25) is 0 Å². The van der Waals surface area contributed by atoms with Gasteiger partial charge in [-0.1, -0.05) is 12.1 Å². The highest BCUT2D eigenvalue weighted by Gasteiger charge is 2.24. The van der Waals surface area contributed by atoms with Crippen LogP contribution in [0.5, 0.6) is 11.6 Å². The molecule has 6 heteroatoms. The molecule has 6 nitrogen and oxygen atoms in total. The van der Waals surface area contributed by atoms with Crippen molar-refractivity contribution < 1.29 is 14.6 Å². The summed E-state index contributed by atoms with van der Waals surface area (Å²) in [5.74, 6) is -0.406. The Kier molecular flexibility index (Phi) is 4.51.